The number of carboxylic acids is 1. The van der Waals surface area contributed by atoms with Gasteiger partial charge in [0, 0.05) is 24.5 Å². The summed E-state index contributed by atoms with van der Waals surface area (Å²) < 4.78 is 10.8. The van der Waals surface area contributed by atoms with Crippen LogP contribution in [0.5, 0.6) is 5.75 Å². The van der Waals surface area contributed by atoms with E-state index in [4.69, 9.17) is 14.3 Å². The van der Waals surface area contributed by atoms with E-state index in [0.717, 1.165) is 34.9 Å². The van der Waals surface area contributed by atoms with E-state index < -0.39 is 5.97 Å². The Morgan fingerprint density at radius 2 is 1.86 bits per heavy atom. The van der Waals surface area contributed by atoms with Crippen molar-refractivity contribution in [3.63, 3.8) is 0 Å². The number of carboxylic acid groups (broad SMARTS) is 1. The molecule has 0 spiro atoms. The SMILES string of the molecule is CN(Cc1ccc(OCC(=O)O)cc1)C(=O)Cc1coc2cc3c(cc12)CCC3. The lowest BCUT2D eigenvalue weighted by Crippen LogP contribution is -2.27. The van der Waals surface area contributed by atoms with Gasteiger partial charge in [-0.15, -0.1) is 0 Å². The zero-order valence-electron chi connectivity index (χ0n) is 16.3. The summed E-state index contributed by atoms with van der Waals surface area (Å²) in [5.41, 5.74) is 5.44. The van der Waals surface area contributed by atoms with E-state index in [1.807, 2.05) is 12.1 Å². The second-order valence-electron chi connectivity index (χ2n) is 7.48. The van der Waals surface area contributed by atoms with Gasteiger partial charge in [0.25, 0.3) is 0 Å². The van der Waals surface area contributed by atoms with E-state index >= 15 is 0 Å². The average Bonchev–Trinajstić information content (AvgIpc) is 3.32. The second kappa shape index (κ2) is 7.99. The maximum Gasteiger partial charge on any atom is 0.341 e. The van der Waals surface area contributed by atoms with Gasteiger partial charge in [0.05, 0.1) is 12.7 Å². The maximum atomic E-state index is 12.7. The summed E-state index contributed by atoms with van der Waals surface area (Å²) in [5, 5.41) is 9.69. The minimum absolute atomic E-state index is 0.0133. The molecule has 1 amide bonds. The van der Waals surface area contributed by atoms with Crippen molar-refractivity contribution in [2.75, 3.05) is 13.7 Å². The van der Waals surface area contributed by atoms with Crippen molar-refractivity contribution in [2.45, 2.75) is 32.2 Å². The summed E-state index contributed by atoms with van der Waals surface area (Å²) in [6, 6.07) is 11.4. The molecule has 6 heteroatoms. The lowest BCUT2D eigenvalue weighted by atomic mass is 10.0. The summed E-state index contributed by atoms with van der Waals surface area (Å²) in [6.07, 6.45) is 5.36. The Labute approximate surface area is 168 Å². The van der Waals surface area contributed by atoms with Crippen molar-refractivity contribution in [1.29, 1.82) is 0 Å². The summed E-state index contributed by atoms with van der Waals surface area (Å²) >= 11 is 0. The van der Waals surface area contributed by atoms with Gasteiger partial charge in [0.15, 0.2) is 6.61 Å². The number of aliphatic carboxylic acids is 1. The quantitative estimate of drug-likeness (QED) is 0.664. The summed E-state index contributed by atoms with van der Waals surface area (Å²) in [4.78, 5) is 25.0. The molecule has 0 bridgehead atoms. The third-order valence-electron chi connectivity index (χ3n) is 5.34. The molecule has 0 radical (unpaired) electrons. The van der Waals surface area contributed by atoms with Gasteiger partial charge in [-0.05, 0) is 60.2 Å². The van der Waals surface area contributed by atoms with Crippen LogP contribution in [0.25, 0.3) is 11.0 Å². The molecule has 1 aliphatic carbocycles. The van der Waals surface area contributed by atoms with Gasteiger partial charge in [0.1, 0.15) is 11.3 Å². The van der Waals surface area contributed by atoms with Crippen molar-refractivity contribution >= 4 is 22.8 Å². The van der Waals surface area contributed by atoms with Crippen molar-refractivity contribution in [2.24, 2.45) is 0 Å². The average molecular weight is 393 g/mol. The second-order valence-corrected chi connectivity index (χ2v) is 7.48. The van der Waals surface area contributed by atoms with E-state index in [1.54, 1.807) is 30.3 Å². The van der Waals surface area contributed by atoms with Crippen LogP contribution in [0.4, 0.5) is 0 Å². The number of furan rings is 1. The van der Waals surface area contributed by atoms with Gasteiger partial charge >= 0.3 is 5.97 Å². The monoisotopic (exact) mass is 393 g/mol. The smallest absolute Gasteiger partial charge is 0.341 e. The first-order valence-corrected chi connectivity index (χ1v) is 9.69. The summed E-state index contributed by atoms with van der Waals surface area (Å²) in [6.45, 7) is 0.0861. The Bertz CT molecular complexity index is 1050. The fourth-order valence-corrected chi connectivity index (χ4v) is 3.78. The first-order valence-electron chi connectivity index (χ1n) is 9.69. The lowest BCUT2D eigenvalue weighted by molar-refractivity contribution is -0.139. The molecular formula is C23H23NO5. The normalized spacial score (nSPS) is 12.7. The predicted octanol–water partition coefficient (Wildman–Crippen LogP) is 3.59. The van der Waals surface area contributed by atoms with Crippen molar-refractivity contribution in [3.05, 3.63) is 64.9 Å². The molecule has 3 aromatic rings. The number of ether oxygens (including phenoxy) is 1. The Kier molecular flexibility index (Phi) is 5.25. The van der Waals surface area contributed by atoms with E-state index in [1.165, 1.54) is 17.5 Å². The molecule has 6 nitrogen and oxygen atoms in total. The van der Waals surface area contributed by atoms with Crippen LogP contribution in [-0.4, -0.2) is 35.5 Å². The Balaban J connectivity index is 1.40. The molecule has 1 N–H and O–H groups in total. The third kappa shape index (κ3) is 4.26. The number of fused-ring (bicyclic) bond motifs is 2. The minimum Gasteiger partial charge on any atom is -0.482 e. The molecule has 4 rings (SSSR count). The molecule has 29 heavy (non-hydrogen) atoms. The third-order valence-corrected chi connectivity index (χ3v) is 5.34. The zero-order chi connectivity index (χ0) is 20.4. The number of hydrogen-bond donors (Lipinski definition) is 1. The number of nitrogens with zero attached hydrogens (tertiary/aromatic N) is 1. The van der Waals surface area contributed by atoms with Crippen molar-refractivity contribution in [3.8, 4) is 5.75 Å². The topological polar surface area (TPSA) is 80.0 Å². The lowest BCUT2D eigenvalue weighted by Gasteiger charge is -2.17. The largest absolute Gasteiger partial charge is 0.482 e. The number of rotatable bonds is 7. The molecule has 1 aromatic heterocycles. The van der Waals surface area contributed by atoms with E-state index in [-0.39, 0.29) is 12.5 Å². The van der Waals surface area contributed by atoms with Crippen LogP contribution in [0.15, 0.2) is 47.1 Å². The molecule has 0 aliphatic heterocycles. The van der Waals surface area contributed by atoms with Crippen molar-refractivity contribution in [1.82, 2.24) is 4.90 Å². The Morgan fingerprint density at radius 3 is 2.59 bits per heavy atom. The van der Waals surface area contributed by atoms with Gasteiger partial charge in [-0.3, -0.25) is 4.79 Å². The summed E-state index contributed by atoms with van der Waals surface area (Å²) in [7, 11) is 1.77. The van der Waals surface area contributed by atoms with E-state index in [2.05, 4.69) is 12.1 Å². The minimum atomic E-state index is -1.02. The van der Waals surface area contributed by atoms with Crippen LogP contribution in [0.3, 0.4) is 0 Å². The first-order chi connectivity index (χ1) is 14.0. The predicted molar refractivity (Wildman–Crippen MR) is 108 cm³/mol. The van der Waals surface area contributed by atoms with Crippen LogP contribution in [0.2, 0.25) is 0 Å². The van der Waals surface area contributed by atoms with Crippen LogP contribution in [0, 0.1) is 0 Å². The van der Waals surface area contributed by atoms with Crippen LogP contribution >= 0.6 is 0 Å². The standard InChI is InChI=1S/C23H23NO5/c1-24(12-15-5-7-19(8-6-15)28-14-23(26)27)22(25)11-18-13-29-21-10-17-4-2-3-16(17)9-20(18)21/h5-10,13H,2-4,11-12,14H2,1H3,(H,26,27). The fraction of sp³-hybridized carbons (Fsp3) is 0.304. The van der Waals surface area contributed by atoms with Gasteiger partial charge < -0.3 is 19.2 Å². The Morgan fingerprint density at radius 1 is 1.14 bits per heavy atom. The highest BCUT2D eigenvalue weighted by atomic mass is 16.5. The maximum absolute atomic E-state index is 12.7. The highest BCUT2D eigenvalue weighted by Gasteiger charge is 2.18. The number of carbonyl (C=O) groups is 2. The molecule has 0 unspecified atom stereocenters. The highest BCUT2D eigenvalue weighted by molar-refractivity contribution is 5.88. The van der Waals surface area contributed by atoms with Crippen molar-refractivity contribution < 1.29 is 23.8 Å². The molecular weight excluding hydrogens is 370 g/mol. The van der Waals surface area contributed by atoms with E-state index in [9.17, 15) is 9.59 Å². The molecule has 2 aromatic carbocycles. The molecule has 0 saturated heterocycles. The molecule has 0 atom stereocenters. The highest BCUT2D eigenvalue weighted by Crippen LogP contribution is 2.30. The molecule has 0 fully saturated rings. The van der Waals surface area contributed by atoms with Gasteiger partial charge in [0.2, 0.25) is 5.91 Å². The van der Waals surface area contributed by atoms with Crippen LogP contribution in [-0.2, 0) is 35.4 Å². The van der Waals surface area contributed by atoms with E-state index in [0.29, 0.717) is 18.7 Å². The number of likely N-dealkylation sites (N-methyl/N-ethyl adjacent to an activating group) is 1. The summed E-state index contributed by atoms with van der Waals surface area (Å²) in [5.74, 6) is -0.516. The number of benzene rings is 2. The van der Waals surface area contributed by atoms with Gasteiger partial charge in [-0.2, -0.15) is 0 Å². The molecule has 1 aliphatic rings. The zero-order valence-corrected chi connectivity index (χ0v) is 16.3. The van der Waals surface area contributed by atoms with Crippen LogP contribution < -0.4 is 4.74 Å². The number of amides is 1. The molecule has 150 valence electrons. The number of aryl methyl sites for hydroxylation is 2. The first kappa shape index (κ1) is 19.1. The van der Waals surface area contributed by atoms with Gasteiger partial charge in [-0.1, -0.05) is 12.1 Å². The Hall–Kier alpha value is -3.28. The number of carbonyl (C=O) groups excluding carboxylic acids is 1. The van der Waals surface area contributed by atoms with Crippen LogP contribution in [0.1, 0.15) is 28.7 Å². The molecule has 1 heterocycles. The van der Waals surface area contributed by atoms with Gasteiger partial charge in [-0.25, -0.2) is 4.79 Å². The molecule has 0 saturated carbocycles. The fourth-order valence-electron chi connectivity index (χ4n) is 3.78. The number of hydrogen-bond acceptors (Lipinski definition) is 4.